The van der Waals surface area contributed by atoms with Gasteiger partial charge in [0.05, 0.1) is 17.1 Å². The molecule has 1 aromatic heterocycles. The predicted octanol–water partition coefficient (Wildman–Crippen LogP) is 4.97. The van der Waals surface area contributed by atoms with Crippen LogP contribution in [-0.4, -0.2) is 28.6 Å². The molecule has 1 heterocycles. The first kappa shape index (κ1) is 25.7. The van der Waals surface area contributed by atoms with Crippen molar-refractivity contribution in [3.8, 4) is 0 Å². The Labute approximate surface area is 215 Å². The van der Waals surface area contributed by atoms with Gasteiger partial charge in [-0.25, -0.2) is 8.42 Å². The van der Waals surface area contributed by atoms with Crippen molar-refractivity contribution in [3.63, 3.8) is 0 Å². The summed E-state index contributed by atoms with van der Waals surface area (Å²) in [6, 6.07) is 27.3. The Hall–Kier alpha value is -3.36. The molecule has 36 heavy (non-hydrogen) atoms. The van der Waals surface area contributed by atoms with Crippen LogP contribution in [0.2, 0.25) is 5.02 Å². The lowest BCUT2D eigenvalue weighted by atomic mass is 9.99. The fourth-order valence-corrected chi connectivity index (χ4v) is 5.26. The van der Waals surface area contributed by atoms with E-state index in [4.69, 9.17) is 11.6 Å². The van der Waals surface area contributed by atoms with E-state index in [-0.39, 0.29) is 30.2 Å². The van der Waals surface area contributed by atoms with Gasteiger partial charge in [0.2, 0.25) is 10.0 Å². The molecule has 1 N–H and O–H groups in total. The molecular formula is C28H25ClN2O4S. The minimum atomic E-state index is -3.84. The second-order valence-electron chi connectivity index (χ2n) is 8.32. The molecule has 6 nitrogen and oxygen atoms in total. The lowest BCUT2D eigenvalue weighted by Crippen LogP contribution is -2.30. The number of hydrogen-bond acceptors (Lipinski definition) is 5. The van der Waals surface area contributed by atoms with Gasteiger partial charge in [0.1, 0.15) is 6.10 Å². The maximum atomic E-state index is 13.5. The van der Waals surface area contributed by atoms with Crippen molar-refractivity contribution in [1.82, 2.24) is 9.29 Å². The van der Waals surface area contributed by atoms with Gasteiger partial charge in [-0.05, 0) is 53.1 Å². The molecule has 1 unspecified atom stereocenters. The summed E-state index contributed by atoms with van der Waals surface area (Å²) in [4.78, 5) is 17.0. The van der Waals surface area contributed by atoms with Crippen molar-refractivity contribution >= 4 is 27.4 Å². The summed E-state index contributed by atoms with van der Waals surface area (Å²) >= 11 is 5.95. The quantitative estimate of drug-likeness (QED) is 0.319. The molecule has 0 aliphatic heterocycles. The summed E-state index contributed by atoms with van der Waals surface area (Å²) < 4.78 is 28.3. The molecule has 0 radical (unpaired) electrons. The summed E-state index contributed by atoms with van der Waals surface area (Å²) in [5, 5.41) is 10.8. The number of ketones is 1. The van der Waals surface area contributed by atoms with Gasteiger partial charge in [-0.1, -0.05) is 72.3 Å². The maximum Gasteiger partial charge on any atom is 0.243 e. The standard InChI is InChI=1S/C28H25ClN2O4S/c29-24-13-15-26(16-14-24)36(34,35)31(20-25-8-4-5-17-30-25)19-22-11-9-21(10-12-22)18-27(32)28(33)23-6-2-1-3-7-23/h1-17,28,33H,18-20H2. The molecule has 1 atom stereocenters. The number of halogens is 1. The lowest BCUT2D eigenvalue weighted by molar-refractivity contribution is -0.126. The molecule has 0 amide bonds. The Morgan fingerprint density at radius 3 is 2.11 bits per heavy atom. The molecule has 0 aliphatic rings. The van der Waals surface area contributed by atoms with Crippen LogP contribution < -0.4 is 0 Å². The average molecular weight is 521 g/mol. The van der Waals surface area contributed by atoms with Crippen LogP contribution in [0.4, 0.5) is 0 Å². The number of aromatic nitrogens is 1. The minimum absolute atomic E-state index is 0.0665. The van der Waals surface area contributed by atoms with E-state index < -0.39 is 16.1 Å². The molecule has 0 saturated heterocycles. The van der Waals surface area contributed by atoms with E-state index in [0.29, 0.717) is 16.3 Å². The van der Waals surface area contributed by atoms with E-state index in [0.717, 1.165) is 11.1 Å². The van der Waals surface area contributed by atoms with Crippen LogP contribution in [0.5, 0.6) is 0 Å². The first-order valence-electron chi connectivity index (χ1n) is 11.3. The Morgan fingerprint density at radius 2 is 1.47 bits per heavy atom. The first-order chi connectivity index (χ1) is 17.3. The third-order valence-electron chi connectivity index (χ3n) is 5.70. The van der Waals surface area contributed by atoms with Gasteiger partial charge in [-0.2, -0.15) is 4.31 Å². The molecule has 0 saturated carbocycles. The Morgan fingerprint density at radius 1 is 0.833 bits per heavy atom. The van der Waals surface area contributed by atoms with E-state index in [1.165, 1.54) is 16.4 Å². The van der Waals surface area contributed by atoms with Crippen LogP contribution in [0.25, 0.3) is 0 Å². The molecule has 0 spiro atoms. The van der Waals surface area contributed by atoms with Crippen molar-refractivity contribution < 1.29 is 18.3 Å². The number of aliphatic hydroxyl groups is 1. The second-order valence-corrected chi connectivity index (χ2v) is 10.7. The topological polar surface area (TPSA) is 87.6 Å². The highest BCUT2D eigenvalue weighted by Crippen LogP contribution is 2.23. The number of nitrogens with zero attached hydrogens (tertiary/aromatic N) is 2. The molecule has 4 aromatic rings. The highest BCUT2D eigenvalue weighted by molar-refractivity contribution is 7.89. The van der Waals surface area contributed by atoms with Crippen LogP contribution in [0.3, 0.4) is 0 Å². The van der Waals surface area contributed by atoms with Crippen molar-refractivity contribution in [2.75, 3.05) is 0 Å². The number of Topliss-reactive ketones (excluding diaryl/α,β-unsaturated/α-hetero) is 1. The van der Waals surface area contributed by atoms with Crippen LogP contribution in [-0.2, 0) is 34.3 Å². The maximum absolute atomic E-state index is 13.5. The van der Waals surface area contributed by atoms with Gasteiger partial charge in [-0.3, -0.25) is 9.78 Å². The minimum Gasteiger partial charge on any atom is -0.381 e. The monoisotopic (exact) mass is 520 g/mol. The fraction of sp³-hybridized carbons (Fsp3) is 0.143. The first-order valence-corrected chi connectivity index (χ1v) is 13.1. The number of carbonyl (C=O) groups excluding carboxylic acids is 1. The van der Waals surface area contributed by atoms with E-state index >= 15 is 0 Å². The van der Waals surface area contributed by atoms with Gasteiger partial charge in [-0.15, -0.1) is 0 Å². The van der Waals surface area contributed by atoms with Crippen molar-refractivity contribution in [2.45, 2.75) is 30.5 Å². The molecule has 0 fully saturated rings. The summed E-state index contributed by atoms with van der Waals surface area (Å²) in [7, 11) is -3.84. The molecule has 184 valence electrons. The summed E-state index contributed by atoms with van der Waals surface area (Å²) in [6.07, 6.45) is 0.499. The number of sulfonamides is 1. The Bertz CT molecular complexity index is 1400. The zero-order valence-electron chi connectivity index (χ0n) is 19.4. The number of aliphatic hydroxyl groups excluding tert-OH is 1. The van der Waals surface area contributed by atoms with E-state index in [9.17, 15) is 18.3 Å². The average Bonchev–Trinajstić information content (AvgIpc) is 2.90. The van der Waals surface area contributed by atoms with Crippen molar-refractivity contribution in [1.29, 1.82) is 0 Å². The third kappa shape index (κ3) is 6.44. The van der Waals surface area contributed by atoms with Gasteiger partial charge >= 0.3 is 0 Å². The van der Waals surface area contributed by atoms with Crippen molar-refractivity contribution in [3.05, 3.63) is 131 Å². The summed E-state index contributed by atoms with van der Waals surface area (Å²) in [5.41, 5.74) is 2.66. The van der Waals surface area contributed by atoms with Crippen LogP contribution >= 0.6 is 11.6 Å². The van der Waals surface area contributed by atoms with Crippen LogP contribution in [0.1, 0.15) is 28.5 Å². The third-order valence-corrected chi connectivity index (χ3v) is 7.75. The van der Waals surface area contributed by atoms with Gasteiger partial charge in [0.15, 0.2) is 5.78 Å². The molecule has 0 bridgehead atoms. The number of benzene rings is 3. The largest absolute Gasteiger partial charge is 0.381 e. The van der Waals surface area contributed by atoms with Gasteiger partial charge in [0.25, 0.3) is 0 Å². The number of carbonyl (C=O) groups is 1. The smallest absolute Gasteiger partial charge is 0.243 e. The van der Waals surface area contributed by atoms with Gasteiger partial charge < -0.3 is 5.11 Å². The highest BCUT2D eigenvalue weighted by Gasteiger charge is 2.25. The molecule has 4 rings (SSSR count). The molecule has 3 aromatic carbocycles. The predicted molar refractivity (Wildman–Crippen MR) is 139 cm³/mol. The van der Waals surface area contributed by atoms with E-state index in [1.54, 1.807) is 79.0 Å². The lowest BCUT2D eigenvalue weighted by Gasteiger charge is -2.22. The zero-order chi connectivity index (χ0) is 25.5. The Kier molecular flexibility index (Phi) is 8.28. The number of pyridine rings is 1. The summed E-state index contributed by atoms with van der Waals surface area (Å²) in [6.45, 7) is 0.206. The molecular weight excluding hydrogens is 496 g/mol. The molecule has 8 heteroatoms. The number of rotatable bonds is 10. The SMILES string of the molecule is O=C(Cc1ccc(CN(Cc2ccccn2)S(=O)(=O)c2ccc(Cl)cc2)cc1)C(O)c1ccccc1. The van der Waals surface area contributed by atoms with Crippen LogP contribution in [0.15, 0.2) is 108 Å². The molecule has 0 aliphatic carbocycles. The number of hydrogen-bond donors (Lipinski definition) is 1. The second kappa shape index (κ2) is 11.6. The Balaban J connectivity index is 1.52. The van der Waals surface area contributed by atoms with Crippen molar-refractivity contribution in [2.24, 2.45) is 0 Å². The fourth-order valence-electron chi connectivity index (χ4n) is 3.74. The highest BCUT2D eigenvalue weighted by atomic mass is 35.5. The van der Waals surface area contributed by atoms with E-state index in [2.05, 4.69) is 4.98 Å². The summed E-state index contributed by atoms with van der Waals surface area (Å²) in [5.74, 6) is -0.309. The van der Waals surface area contributed by atoms with Gasteiger partial charge in [0, 0.05) is 24.2 Å². The van der Waals surface area contributed by atoms with Crippen LogP contribution in [0, 0.1) is 0 Å². The van der Waals surface area contributed by atoms with E-state index in [1.807, 2.05) is 12.1 Å². The normalized spacial score (nSPS) is 12.4. The zero-order valence-corrected chi connectivity index (χ0v) is 20.9.